The van der Waals surface area contributed by atoms with Gasteiger partial charge in [0.2, 0.25) is 10.0 Å². The average molecular weight is 543 g/mol. The van der Waals surface area contributed by atoms with Gasteiger partial charge in [0.25, 0.3) is 0 Å². The van der Waals surface area contributed by atoms with Crippen LogP contribution in [0.1, 0.15) is 17.5 Å². The zero-order chi connectivity index (χ0) is 26.8. The Labute approximate surface area is 220 Å². The number of benzene rings is 3. The van der Waals surface area contributed by atoms with Crippen LogP contribution in [0, 0.1) is 5.41 Å². The minimum absolute atomic E-state index is 0.115. The largest absolute Gasteiger partial charge is 0.467 e. The van der Waals surface area contributed by atoms with E-state index in [4.69, 9.17) is 27.5 Å². The van der Waals surface area contributed by atoms with Gasteiger partial charge in [-0.15, -0.1) is 0 Å². The van der Waals surface area contributed by atoms with Crippen molar-refractivity contribution in [1.82, 2.24) is 9.21 Å². The van der Waals surface area contributed by atoms with Crippen molar-refractivity contribution in [2.75, 3.05) is 33.3 Å². The molecule has 37 heavy (non-hydrogen) atoms. The first-order valence-corrected chi connectivity index (χ1v) is 13.4. The molecule has 0 aromatic heterocycles. The van der Waals surface area contributed by atoms with Gasteiger partial charge in [-0.05, 0) is 40.6 Å². The predicted molar refractivity (Wildman–Crippen MR) is 141 cm³/mol. The first kappa shape index (κ1) is 26.7. The number of nitrogens with one attached hydrogen (secondary N) is 1. The second kappa shape index (κ2) is 10.6. The number of nitrogens with two attached hydrogens (primary N) is 1. The maximum Gasteiger partial charge on any atom is 0.331 e. The summed E-state index contributed by atoms with van der Waals surface area (Å²) in [5.41, 5.74) is 5.09. The van der Waals surface area contributed by atoms with Gasteiger partial charge in [-0.2, -0.15) is 4.31 Å². The fraction of sp³-hybridized carbons (Fsp3) is 0.269. The van der Waals surface area contributed by atoms with Crippen molar-refractivity contribution in [3.8, 4) is 0 Å². The molecule has 1 aliphatic rings. The van der Waals surface area contributed by atoms with E-state index in [9.17, 15) is 18.0 Å². The van der Waals surface area contributed by atoms with Gasteiger partial charge in [-0.25, -0.2) is 13.2 Å². The van der Waals surface area contributed by atoms with E-state index in [-0.39, 0.29) is 43.3 Å². The molecule has 1 fully saturated rings. The molecule has 3 aromatic rings. The lowest BCUT2D eigenvalue weighted by atomic mass is 9.84. The quantitative estimate of drug-likeness (QED) is 0.193. The second-order valence-electron chi connectivity index (χ2n) is 8.76. The van der Waals surface area contributed by atoms with Crippen LogP contribution >= 0.6 is 11.6 Å². The maximum absolute atomic E-state index is 13.4. The number of amidine groups is 1. The van der Waals surface area contributed by atoms with Gasteiger partial charge in [0.15, 0.2) is 5.54 Å². The third kappa shape index (κ3) is 4.97. The summed E-state index contributed by atoms with van der Waals surface area (Å²) in [6.07, 6.45) is 0.472. The number of rotatable bonds is 8. The first-order chi connectivity index (χ1) is 17.6. The van der Waals surface area contributed by atoms with Crippen molar-refractivity contribution in [2.45, 2.75) is 16.9 Å². The lowest BCUT2D eigenvalue weighted by Crippen LogP contribution is -2.60. The zero-order valence-electron chi connectivity index (χ0n) is 20.2. The number of methoxy groups -OCH3 is 1. The van der Waals surface area contributed by atoms with Crippen LogP contribution in [-0.4, -0.2) is 69.0 Å². The van der Waals surface area contributed by atoms with Gasteiger partial charge in [0.1, 0.15) is 12.1 Å². The van der Waals surface area contributed by atoms with Crippen LogP contribution in [0.5, 0.6) is 0 Å². The smallest absolute Gasteiger partial charge is 0.331 e. The average Bonchev–Trinajstić information content (AvgIpc) is 2.91. The number of ether oxygens (including phenoxy) is 1. The van der Waals surface area contributed by atoms with Crippen LogP contribution in [0.25, 0.3) is 10.8 Å². The fourth-order valence-corrected chi connectivity index (χ4v) is 6.43. The van der Waals surface area contributed by atoms with Crippen LogP contribution in [0.2, 0.25) is 5.02 Å². The number of esters is 1. The molecule has 0 spiro atoms. The number of piperazine rings is 1. The number of hydrogen-bond acceptors (Lipinski definition) is 7. The van der Waals surface area contributed by atoms with E-state index in [0.29, 0.717) is 22.4 Å². The highest BCUT2D eigenvalue weighted by atomic mass is 35.5. The van der Waals surface area contributed by atoms with Crippen LogP contribution in [0.3, 0.4) is 0 Å². The number of sulfonamides is 1. The maximum atomic E-state index is 13.4. The molecule has 1 atom stereocenters. The Morgan fingerprint density at radius 3 is 2.27 bits per heavy atom. The summed E-state index contributed by atoms with van der Waals surface area (Å²) < 4.78 is 33.4. The second-order valence-corrected chi connectivity index (χ2v) is 11.1. The number of carbonyl (C=O) groups excluding carboxylic acids is 2. The molecule has 1 heterocycles. The van der Waals surface area contributed by atoms with Gasteiger partial charge >= 0.3 is 5.97 Å². The highest BCUT2D eigenvalue weighted by Gasteiger charge is 2.48. The Bertz CT molecular complexity index is 1450. The molecule has 1 unspecified atom stereocenters. The number of nitrogens with zero attached hydrogens (tertiary/aromatic N) is 2. The van der Waals surface area contributed by atoms with Crippen LogP contribution in [-0.2, 0) is 29.9 Å². The molecule has 0 aliphatic carbocycles. The number of halogens is 1. The molecule has 0 bridgehead atoms. The van der Waals surface area contributed by atoms with Crippen LogP contribution < -0.4 is 5.73 Å². The molecule has 0 radical (unpaired) electrons. The topological polar surface area (TPSA) is 134 Å². The van der Waals surface area contributed by atoms with Crippen molar-refractivity contribution in [3.63, 3.8) is 0 Å². The molecule has 9 nitrogen and oxygen atoms in total. The van der Waals surface area contributed by atoms with Crippen molar-refractivity contribution >= 4 is 50.5 Å². The highest BCUT2D eigenvalue weighted by Crippen LogP contribution is 2.35. The van der Waals surface area contributed by atoms with E-state index in [0.717, 1.165) is 10.8 Å². The van der Waals surface area contributed by atoms with Gasteiger partial charge in [-0.1, -0.05) is 48.0 Å². The summed E-state index contributed by atoms with van der Waals surface area (Å²) in [5.74, 6) is -0.749. The van der Waals surface area contributed by atoms with E-state index in [1.807, 2.05) is 0 Å². The highest BCUT2D eigenvalue weighted by molar-refractivity contribution is 7.89. The van der Waals surface area contributed by atoms with E-state index < -0.39 is 21.5 Å². The van der Waals surface area contributed by atoms with E-state index in [1.54, 1.807) is 65.6 Å². The zero-order valence-corrected chi connectivity index (χ0v) is 21.8. The summed E-state index contributed by atoms with van der Waals surface area (Å²) in [7, 11) is -2.55. The van der Waals surface area contributed by atoms with Crippen LogP contribution in [0.4, 0.5) is 0 Å². The summed E-state index contributed by atoms with van der Waals surface area (Å²) in [6.45, 7) is 0.619. The number of fused-ring (bicyclic) bond motifs is 1. The minimum atomic E-state index is -3.80. The lowest BCUT2D eigenvalue weighted by molar-refractivity contribution is -0.159. The summed E-state index contributed by atoms with van der Waals surface area (Å²) in [6, 6.07) is 16.6. The Balaban J connectivity index is 1.62. The van der Waals surface area contributed by atoms with Gasteiger partial charge in [-0.3, -0.25) is 10.3 Å². The van der Waals surface area contributed by atoms with Gasteiger partial charge < -0.3 is 15.3 Å². The predicted octanol–water partition coefficient (Wildman–Crippen LogP) is 2.74. The number of hydrogen-bond donors (Lipinski definition) is 2. The van der Waals surface area contributed by atoms with E-state index in [1.165, 1.54) is 11.4 Å². The Morgan fingerprint density at radius 1 is 1.05 bits per heavy atom. The Morgan fingerprint density at radius 2 is 1.68 bits per heavy atom. The third-order valence-electron chi connectivity index (χ3n) is 6.77. The third-order valence-corrected chi connectivity index (χ3v) is 8.90. The SMILES string of the molecule is COC(=O)C(CC=O)(c1ccc(C(=N)N)cc1)N1CCN(S(=O)(=O)c2ccc3cc(Cl)ccc3c2)CC1. The molecule has 11 heteroatoms. The Hall–Kier alpha value is -3.31. The monoisotopic (exact) mass is 542 g/mol. The standard InChI is InChI=1S/C26H27ClN4O5S/c1-36-25(33)26(10-15-32,21-6-2-18(3-7-21)24(28)29)30-11-13-31(14-12-30)37(34,35)23-9-5-19-16-22(27)8-4-20(19)17-23/h2-9,15-17H,10-14H2,1H3,(H3,28,29). The molecule has 0 amide bonds. The number of nitrogen functional groups attached to an aromatic ring is 1. The van der Waals surface area contributed by atoms with E-state index in [2.05, 4.69) is 0 Å². The summed E-state index contributed by atoms with van der Waals surface area (Å²) in [5, 5.41) is 9.78. The van der Waals surface area contributed by atoms with Crippen molar-refractivity contribution in [2.24, 2.45) is 5.73 Å². The molecule has 3 aromatic carbocycles. The molecule has 0 saturated carbocycles. The molecular formula is C26H27ClN4O5S. The molecular weight excluding hydrogens is 516 g/mol. The molecule has 1 aliphatic heterocycles. The molecule has 194 valence electrons. The van der Waals surface area contributed by atoms with Crippen molar-refractivity contribution in [3.05, 3.63) is 76.8 Å². The first-order valence-electron chi connectivity index (χ1n) is 11.5. The summed E-state index contributed by atoms with van der Waals surface area (Å²) >= 11 is 6.04. The summed E-state index contributed by atoms with van der Waals surface area (Å²) in [4.78, 5) is 26.9. The van der Waals surface area contributed by atoms with Crippen molar-refractivity contribution in [1.29, 1.82) is 5.41 Å². The Kier molecular flexibility index (Phi) is 7.65. The molecule has 3 N–H and O–H groups in total. The van der Waals surface area contributed by atoms with Gasteiger partial charge in [0.05, 0.1) is 12.0 Å². The fourth-order valence-electron chi connectivity index (χ4n) is 4.79. The molecule has 4 rings (SSSR count). The number of aldehydes is 1. The van der Waals surface area contributed by atoms with Crippen LogP contribution in [0.15, 0.2) is 65.6 Å². The number of carbonyl (C=O) groups is 2. The van der Waals surface area contributed by atoms with Gasteiger partial charge in [0, 0.05) is 43.2 Å². The lowest BCUT2D eigenvalue weighted by Gasteiger charge is -2.45. The van der Waals surface area contributed by atoms with Crippen molar-refractivity contribution < 1.29 is 22.7 Å². The minimum Gasteiger partial charge on any atom is -0.467 e. The van der Waals surface area contributed by atoms with E-state index >= 15 is 0 Å². The molecule has 1 saturated heterocycles. The normalized spacial score (nSPS) is 16.7.